The highest BCUT2D eigenvalue weighted by molar-refractivity contribution is 9.10. The van der Waals surface area contributed by atoms with E-state index in [1.165, 1.54) is 6.07 Å². The molecule has 1 aromatic heterocycles. The van der Waals surface area contributed by atoms with Crippen molar-refractivity contribution in [2.45, 2.75) is 13.0 Å². The Hall–Kier alpha value is -1.000. The highest BCUT2D eigenvalue weighted by atomic mass is 79.9. The molecule has 1 unspecified atom stereocenters. The summed E-state index contributed by atoms with van der Waals surface area (Å²) in [7, 11) is 0. The zero-order chi connectivity index (χ0) is 12.4. The van der Waals surface area contributed by atoms with Crippen molar-refractivity contribution in [3.8, 4) is 0 Å². The van der Waals surface area contributed by atoms with Crippen molar-refractivity contribution in [2.24, 2.45) is 0 Å². The summed E-state index contributed by atoms with van der Waals surface area (Å²) in [5, 5.41) is 3.27. The monoisotopic (exact) mass is 317 g/mol. The summed E-state index contributed by atoms with van der Waals surface area (Å²) >= 11 is 8.94. The van der Waals surface area contributed by atoms with E-state index in [0.29, 0.717) is 4.67 Å². The van der Waals surface area contributed by atoms with Crippen LogP contribution in [0.25, 0.3) is 0 Å². The Morgan fingerprint density at radius 1 is 1.35 bits per heavy atom. The van der Waals surface area contributed by atoms with Gasteiger partial charge in [0, 0.05) is 5.69 Å². The van der Waals surface area contributed by atoms with Gasteiger partial charge in [-0.25, -0.2) is 4.39 Å². The summed E-state index contributed by atoms with van der Waals surface area (Å²) in [5.41, 5.74) is 0.747. The van der Waals surface area contributed by atoms with Crippen LogP contribution in [0.2, 0.25) is 5.02 Å². The molecule has 1 N–H and O–H groups in total. The number of anilines is 1. The van der Waals surface area contributed by atoms with Crippen LogP contribution in [0.15, 0.2) is 39.4 Å². The molecule has 0 aliphatic heterocycles. The molecule has 17 heavy (non-hydrogen) atoms. The largest absolute Gasteiger partial charge is 0.452 e. The molecule has 0 amide bonds. The average molecular weight is 319 g/mol. The summed E-state index contributed by atoms with van der Waals surface area (Å²) in [6, 6.07) is 8.18. The van der Waals surface area contributed by atoms with E-state index in [2.05, 4.69) is 21.2 Å². The Morgan fingerprint density at radius 3 is 2.71 bits per heavy atom. The van der Waals surface area contributed by atoms with Gasteiger partial charge in [-0.05, 0) is 53.2 Å². The molecule has 2 aromatic rings. The van der Waals surface area contributed by atoms with Crippen LogP contribution in [-0.4, -0.2) is 0 Å². The van der Waals surface area contributed by atoms with Gasteiger partial charge in [0.2, 0.25) is 0 Å². The van der Waals surface area contributed by atoms with E-state index in [4.69, 9.17) is 16.0 Å². The normalized spacial score (nSPS) is 12.5. The SMILES string of the molecule is CC(Nc1ccc(F)c(Cl)c1)c1ccc(Br)o1. The lowest BCUT2D eigenvalue weighted by molar-refractivity contribution is 0.471. The van der Waals surface area contributed by atoms with Crippen LogP contribution < -0.4 is 5.32 Å². The maximum Gasteiger partial charge on any atom is 0.169 e. The van der Waals surface area contributed by atoms with Crippen LogP contribution in [0.3, 0.4) is 0 Å². The second kappa shape index (κ2) is 5.10. The molecule has 1 heterocycles. The number of hydrogen-bond acceptors (Lipinski definition) is 2. The molecule has 90 valence electrons. The second-order valence-corrected chi connectivity index (χ2v) is 4.83. The minimum Gasteiger partial charge on any atom is -0.452 e. The van der Waals surface area contributed by atoms with Crippen LogP contribution >= 0.6 is 27.5 Å². The van der Waals surface area contributed by atoms with E-state index >= 15 is 0 Å². The first kappa shape index (κ1) is 12.5. The fourth-order valence-electron chi connectivity index (χ4n) is 1.47. The lowest BCUT2D eigenvalue weighted by Gasteiger charge is -2.13. The minimum absolute atomic E-state index is 0.0252. The highest BCUT2D eigenvalue weighted by Crippen LogP contribution is 2.25. The van der Waals surface area contributed by atoms with Gasteiger partial charge in [0.15, 0.2) is 4.67 Å². The standard InChI is InChI=1S/C12H10BrClFNO/c1-7(11-4-5-12(13)17-11)16-8-2-3-10(15)9(14)6-8/h2-7,16H,1H3. The third-order valence-electron chi connectivity index (χ3n) is 2.32. The predicted octanol–water partition coefficient (Wildman–Crippen LogP) is 5.01. The minimum atomic E-state index is -0.425. The molecule has 2 rings (SSSR count). The van der Waals surface area contributed by atoms with Crippen molar-refractivity contribution in [2.75, 3.05) is 5.32 Å². The van der Waals surface area contributed by atoms with Crippen molar-refractivity contribution >= 4 is 33.2 Å². The molecule has 1 aromatic carbocycles. The van der Waals surface area contributed by atoms with Crippen LogP contribution in [0, 0.1) is 5.82 Å². The third-order valence-corrected chi connectivity index (χ3v) is 3.04. The van der Waals surface area contributed by atoms with Gasteiger partial charge in [-0.2, -0.15) is 0 Å². The van der Waals surface area contributed by atoms with Gasteiger partial charge in [-0.3, -0.25) is 0 Å². The molecule has 1 atom stereocenters. The van der Waals surface area contributed by atoms with Crippen molar-refractivity contribution in [1.29, 1.82) is 0 Å². The van der Waals surface area contributed by atoms with Gasteiger partial charge in [0.1, 0.15) is 11.6 Å². The number of nitrogens with one attached hydrogen (secondary N) is 1. The van der Waals surface area contributed by atoms with Crippen molar-refractivity contribution < 1.29 is 8.81 Å². The zero-order valence-electron chi connectivity index (χ0n) is 9.01. The van der Waals surface area contributed by atoms with E-state index in [-0.39, 0.29) is 11.1 Å². The molecule has 5 heteroatoms. The molecule has 0 radical (unpaired) electrons. The maximum absolute atomic E-state index is 13.0. The second-order valence-electron chi connectivity index (χ2n) is 3.64. The van der Waals surface area contributed by atoms with Gasteiger partial charge in [0.05, 0.1) is 11.1 Å². The number of halogens is 3. The molecule has 0 spiro atoms. The molecule has 0 bridgehead atoms. The summed E-state index contributed by atoms with van der Waals surface area (Å²) in [6.45, 7) is 1.95. The van der Waals surface area contributed by atoms with E-state index in [1.807, 2.05) is 19.1 Å². The predicted molar refractivity (Wildman–Crippen MR) is 69.9 cm³/mol. The van der Waals surface area contributed by atoms with Crippen LogP contribution in [0.4, 0.5) is 10.1 Å². The summed E-state index contributed by atoms with van der Waals surface area (Å²) in [4.78, 5) is 0. The quantitative estimate of drug-likeness (QED) is 0.860. The Morgan fingerprint density at radius 2 is 2.12 bits per heavy atom. The van der Waals surface area contributed by atoms with Crippen LogP contribution in [0.5, 0.6) is 0 Å². The lowest BCUT2D eigenvalue weighted by atomic mass is 10.2. The zero-order valence-corrected chi connectivity index (χ0v) is 11.3. The molecule has 2 nitrogen and oxygen atoms in total. The van der Waals surface area contributed by atoms with E-state index in [1.54, 1.807) is 12.1 Å². The van der Waals surface area contributed by atoms with Crippen LogP contribution in [0.1, 0.15) is 18.7 Å². The molecular weight excluding hydrogens is 308 g/mol. The molecular formula is C12H10BrClFNO. The van der Waals surface area contributed by atoms with Gasteiger partial charge in [-0.15, -0.1) is 0 Å². The van der Waals surface area contributed by atoms with Crippen molar-refractivity contribution in [3.63, 3.8) is 0 Å². The molecule has 0 aliphatic carbocycles. The van der Waals surface area contributed by atoms with Crippen LogP contribution in [-0.2, 0) is 0 Å². The first-order valence-corrected chi connectivity index (χ1v) is 6.20. The van der Waals surface area contributed by atoms with E-state index in [9.17, 15) is 4.39 Å². The molecule has 0 saturated heterocycles. The Kier molecular flexibility index (Phi) is 3.74. The molecule has 0 fully saturated rings. The van der Waals surface area contributed by atoms with Crippen molar-refractivity contribution in [1.82, 2.24) is 0 Å². The third kappa shape index (κ3) is 3.01. The average Bonchev–Trinajstić information content (AvgIpc) is 2.70. The number of furan rings is 1. The first-order chi connectivity index (χ1) is 8.06. The summed E-state index contributed by atoms with van der Waals surface area (Å²) in [5.74, 6) is 0.364. The Bertz CT molecular complexity index is 529. The first-order valence-electron chi connectivity index (χ1n) is 5.03. The molecule has 0 aliphatic rings. The summed E-state index contributed by atoms with van der Waals surface area (Å²) < 4.78 is 19.1. The van der Waals surface area contributed by atoms with Gasteiger partial charge in [-0.1, -0.05) is 11.6 Å². The van der Waals surface area contributed by atoms with Gasteiger partial charge in [0.25, 0.3) is 0 Å². The lowest BCUT2D eigenvalue weighted by Crippen LogP contribution is -2.05. The number of benzene rings is 1. The smallest absolute Gasteiger partial charge is 0.169 e. The van der Waals surface area contributed by atoms with E-state index in [0.717, 1.165) is 11.4 Å². The fourth-order valence-corrected chi connectivity index (χ4v) is 1.97. The molecule has 0 saturated carbocycles. The number of hydrogen-bond donors (Lipinski definition) is 1. The topological polar surface area (TPSA) is 25.2 Å². The van der Waals surface area contributed by atoms with Gasteiger partial charge < -0.3 is 9.73 Å². The van der Waals surface area contributed by atoms with Crippen molar-refractivity contribution in [3.05, 3.63) is 51.6 Å². The fraction of sp³-hybridized carbons (Fsp3) is 0.167. The Balaban J connectivity index is 2.12. The highest BCUT2D eigenvalue weighted by Gasteiger charge is 2.10. The Labute approximate surface area is 112 Å². The van der Waals surface area contributed by atoms with E-state index < -0.39 is 5.82 Å². The maximum atomic E-state index is 13.0. The summed E-state index contributed by atoms with van der Waals surface area (Å²) in [6.07, 6.45) is 0. The van der Waals surface area contributed by atoms with Gasteiger partial charge >= 0.3 is 0 Å². The number of rotatable bonds is 3.